The summed E-state index contributed by atoms with van der Waals surface area (Å²) in [5.41, 5.74) is 6.21. The summed E-state index contributed by atoms with van der Waals surface area (Å²) in [6.07, 6.45) is 2.95. The van der Waals surface area contributed by atoms with Crippen molar-refractivity contribution in [2.75, 3.05) is 0 Å². The van der Waals surface area contributed by atoms with Crippen LogP contribution >= 0.6 is 12.2 Å². The first-order valence-corrected chi connectivity index (χ1v) is 7.16. The molecule has 1 heterocycles. The number of benzene rings is 1. The van der Waals surface area contributed by atoms with E-state index in [1.165, 1.54) is 6.08 Å². The van der Waals surface area contributed by atoms with E-state index in [1.807, 2.05) is 43.3 Å². The van der Waals surface area contributed by atoms with Gasteiger partial charge in [-0.05, 0) is 42.9 Å². The molecule has 5 nitrogen and oxygen atoms in total. The van der Waals surface area contributed by atoms with Gasteiger partial charge < -0.3 is 9.73 Å². The number of aryl methyl sites for hydroxylation is 1. The Morgan fingerprint density at radius 2 is 1.95 bits per heavy atom. The van der Waals surface area contributed by atoms with Crippen molar-refractivity contribution in [1.82, 2.24) is 16.2 Å². The standard InChI is InChI=1S/C16H17N3O2S/c1-12-7-8-14(21-12)9-10-15(20)18-19-16(22)17-11-13-5-3-2-4-6-13/h2-10H,11H2,1H3,(H,18,20)(H2,17,19,22)/b10-9+. The number of thiocarbonyl (C=S) groups is 1. The number of nitrogens with one attached hydrogen (secondary N) is 3. The van der Waals surface area contributed by atoms with Crippen molar-refractivity contribution in [2.24, 2.45) is 0 Å². The fourth-order valence-corrected chi connectivity index (χ4v) is 1.81. The summed E-state index contributed by atoms with van der Waals surface area (Å²) in [4.78, 5) is 11.6. The highest BCUT2D eigenvalue weighted by Gasteiger charge is 1.99. The first-order valence-electron chi connectivity index (χ1n) is 6.76. The normalized spacial score (nSPS) is 10.4. The second-order valence-electron chi connectivity index (χ2n) is 4.56. The molecule has 0 saturated carbocycles. The van der Waals surface area contributed by atoms with Crippen LogP contribution < -0.4 is 16.2 Å². The Labute approximate surface area is 134 Å². The van der Waals surface area contributed by atoms with E-state index in [9.17, 15) is 4.79 Å². The van der Waals surface area contributed by atoms with Gasteiger partial charge in [-0.15, -0.1) is 0 Å². The summed E-state index contributed by atoms with van der Waals surface area (Å²) in [6.45, 7) is 2.43. The first-order chi connectivity index (χ1) is 10.6. The van der Waals surface area contributed by atoms with Gasteiger partial charge in [0.2, 0.25) is 0 Å². The topological polar surface area (TPSA) is 66.3 Å². The van der Waals surface area contributed by atoms with Crippen LogP contribution in [0.15, 0.2) is 53.0 Å². The zero-order chi connectivity index (χ0) is 15.8. The largest absolute Gasteiger partial charge is 0.462 e. The number of hydrazine groups is 1. The van der Waals surface area contributed by atoms with E-state index in [4.69, 9.17) is 16.6 Å². The minimum absolute atomic E-state index is 0.321. The molecule has 2 rings (SSSR count). The lowest BCUT2D eigenvalue weighted by molar-refractivity contribution is -0.116. The monoisotopic (exact) mass is 315 g/mol. The molecule has 0 aliphatic carbocycles. The van der Waals surface area contributed by atoms with Crippen LogP contribution in [0.25, 0.3) is 6.08 Å². The molecule has 6 heteroatoms. The van der Waals surface area contributed by atoms with Crippen molar-refractivity contribution in [2.45, 2.75) is 13.5 Å². The van der Waals surface area contributed by atoms with Gasteiger partial charge in [-0.2, -0.15) is 0 Å². The van der Waals surface area contributed by atoms with Crippen LogP contribution in [0.3, 0.4) is 0 Å². The number of rotatable bonds is 4. The molecular weight excluding hydrogens is 298 g/mol. The maximum absolute atomic E-state index is 11.6. The highest BCUT2D eigenvalue weighted by molar-refractivity contribution is 7.80. The van der Waals surface area contributed by atoms with Gasteiger partial charge in [0.25, 0.3) is 5.91 Å². The van der Waals surface area contributed by atoms with E-state index in [0.29, 0.717) is 17.4 Å². The van der Waals surface area contributed by atoms with Gasteiger partial charge >= 0.3 is 0 Å². The number of carbonyl (C=O) groups is 1. The molecule has 3 N–H and O–H groups in total. The van der Waals surface area contributed by atoms with E-state index >= 15 is 0 Å². The summed E-state index contributed by atoms with van der Waals surface area (Å²) >= 11 is 5.07. The third-order valence-corrected chi connectivity index (χ3v) is 3.00. The molecule has 0 unspecified atom stereocenters. The number of carbonyl (C=O) groups excluding carboxylic acids is 1. The lowest BCUT2D eigenvalue weighted by Crippen LogP contribution is -2.45. The van der Waals surface area contributed by atoms with Gasteiger partial charge in [0.05, 0.1) is 0 Å². The van der Waals surface area contributed by atoms with E-state index in [-0.39, 0.29) is 5.91 Å². The Bertz CT molecular complexity index is 665. The molecule has 0 aliphatic heterocycles. The van der Waals surface area contributed by atoms with Crippen LogP contribution in [0.2, 0.25) is 0 Å². The third-order valence-electron chi connectivity index (χ3n) is 2.76. The molecule has 1 amide bonds. The Kier molecular flexibility index (Phi) is 5.73. The van der Waals surface area contributed by atoms with Crippen LogP contribution in [-0.4, -0.2) is 11.0 Å². The first kappa shape index (κ1) is 15.8. The highest BCUT2D eigenvalue weighted by atomic mass is 32.1. The fraction of sp³-hybridized carbons (Fsp3) is 0.125. The van der Waals surface area contributed by atoms with Crippen molar-refractivity contribution in [3.63, 3.8) is 0 Å². The Morgan fingerprint density at radius 1 is 1.18 bits per heavy atom. The maximum atomic E-state index is 11.6. The molecule has 1 aromatic carbocycles. The van der Waals surface area contributed by atoms with Crippen LogP contribution in [0.4, 0.5) is 0 Å². The van der Waals surface area contributed by atoms with E-state index < -0.39 is 0 Å². The average molecular weight is 315 g/mol. The maximum Gasteiger partial charge on any atom is 0.262 e. The zero-order valence-electron chi connectivity index (χ0n) is 12.1. The predicted molar refractivity (Wildman–Crippen MR) is 89.6 cm³/mol. The Morgan fingerprint density at radius 3 is 2.64 bits per heavy atom. The molecule has 1 aromatic heterocycles. The summed E-state index contributed by atoms with van der Waals surface area (Å²) in [6, 6.07) is 13.5. The smallest absolute Gasteiger partial charge is 0.262 e. The summed E-state index contributed by atoms with van der Waals surface area (Å²) in [7, 11) is 0. The van der Waals surface area contributed by atoms with Crippen molar-refractivity contribution >= 4 is 29.3 Å². The van der Waals surface area contributed by atoms with Gasteiger partial charge in [0.15, 0.2) is 5.11 Å². The molecule has 114 valence electrons. The molecule has 0 spiro atoms. The quantitative estimate of drug-likeness (QED) is 0.459. The molecule has 0 fully saturated rings. The minimum atomic E-state index is -0.321. The molecule has 0 bridgehead atoms. The van der Waals surface area contributed by atoms with Gasteiger partial charge in [0.1, 0.15) is 11.5 Å². The zero-order valence-corrected chi connectivity index (χ0v) is 12.9. The number of hydrogen-bond acceptors (Lipinski definition) is 3. The Balaban J connectivity index is 1.69. The van der Waals surface area contributed by atoms with E-state index in [2.05, 4.69) is 16.2 Å². The van der Waals surface area contributed by atoms with Crippen molar-refractivity contribution in [3.8, 4) is 0 Å². The predicted octanol–water partition coefficient (Wildman–Crippen LogP) is 2.30. The van der Waals surface area contributed by atoms with Gasteiger partial charge in [0, 0.05) is 12.6 Å². The van der Waals surface area contributed by atoms with Crippen molar-refractivity contribution in [1.29, 1.82) is 0 Å². The summed E-state index contributed by atoms with van der Waals surface area (Å²) < 4.78 is 5.32. The van der Waals surface area contributed by atoms with Gasteiger partial charge in [-0.3, -0.25) is 15.6 Å². The second kappa shape index (κ2) is 7.99. The number of hydrogen-bond donors (Lipinski definition) is 3. The van der Waals surface area contributed by atoms with Crippen LogP contribution in [0.1, 0.15) is 17.1 Å². The van der Waals surface area contributed by atoms with E-state index in [0.717, 1.165) is 11.3 Å². The lowest BCUT2D eigenvalue weighted by Gasteiger charge is -2.10. The van der Waals surface area contributed by atoms with Gasteiger partial charge in [-0.25, -0.2) is 0 Å². The summed E-state index contributed by atoms with van der Waals surface area (Å²) in [5.74, 6) is 1.10. The van der Waals surface area contributed by atoms with Gasteiger partial charge in [-0.1, -0.05) is 30.3 Å². The minimum Gasteiger partial charge on any atom is -0.462 e. The van der Waals surface area contributed by atoms with Crippen LogP contribution in [0.5, 0.6) is 0 Å². The Hall–Kier alpha value is -2.60. The van der Waals surface area contributed by atoms with Crippen molar-refractivity contribution in [3.05, 3.63) is 65.6 Å². The number of amides is 1. The molecule has 2 aromatic rings. The molecule has 0 atom stereocenters. The lowest BCUT2D eigenvalue weighted by atomic mass is 10.2. The van der Waals surface area contributed by atoms with Crippen LogP contribution in [-0.2, 0) is 11.3 Å². The molecule has 0 aliphatic rings. The number of furan rings is 1. The fourth-order valence-electron chi connectivity index (χ4n) is 1.68. The molecule has 0 saturated heterocycles. The van der Waals surface area contributed by atoms with Crippen LogP contribution in [0, 0.1) is 6.92 Å². The molecule has 22 heavy (non-hydrogen) atoms. The average Bonchev–Trinajstić information content (AvgIpc) is 2.95. The molecular formula is C16H17N3O2S. The van der Waals surface area contributed by atoms with Crippen molar-refractivity contribution < 1.29 is 9.21 Å². The second-order valence-corrected chi connectivity index (χ2v) is 4.97. The summed E-state index contributed by atoms with van der Waals surface area (Å²) in [5, 5.41) is 3.34. The van der Waals surface area contributed by atoms with E-state index in [1.54, 1.807) is 12.1 Å². The highest BCUT2D eigenvalue weighted by Crippen LogP contribution is 2.07. The molecule has 0 radical (unpaired) electrons. The third kappa shape index (κ3) is 5.41. The SMILES string of the molecule is Cc1ccc(/C=C/C(=O)NNC(=S)NCc2ccccc2)o1.